The molecule has 0 bridgehead atoms. The highest BCUT2D eigenvalue weighted by Crippen LogP contribution is 2.26. The normalized spacial score (nSPS) is 13.9. The van der Waals surface area contributed by atoms with E-state index in [2.05, 4.69) is 13.8 Å². The van der Waals surface area contributed by atoms with Gasteiger partial charge in [-0.1, -0.05) is 26.7 Å². The van der Waals surface area contributed by atoms with Crippen LogP contribution >= 0.6 is 0 Å². The minimum atomic E-state index is -1.21. The molecule has 0 amide bonds. The van der Waals surface area contributed by atoms with Gasteiger partial charge in [0.2, 0.25) is 0 Å². The van der Waals surface area contributed by atoms with Crippen molar-refractivity contribution in [1.82, 2.24) is 0 Å². The highest BCUT2D eigenvalue weighted by molar-refractivity contribution is 5.76. The number of likely N-dealkylation sites (N-methyl/N-ethyl adjacent to an activating group) is 1. The molecule has 1 atom stereocenters. The van der Waals surface area contributed by atoms with Gasteiger partial charge in [-0.05, 0) is 44.9 Å². The standard InChI is InChI=1S/C23H45NO6/c1-22(2,18-25)12-8-10-14-29-15-11-9-13-23(3,4)21(28)30-19(16-20(26)27)17-24(5,6)7/h19,25H,8-18H2,1-7H3. The molecule has 0 rings (SSSR count). The maximum absolute atomic E-state index is 12.6. The van der Waals surface area contributed by atoms with E-state index >= 15 is 0 Å². The molecule has 0 aliphatic rings. The van der Waals surface area contributed by atoms with Gasteiger partial charge in [0.1, 0.15) is 6.54 Å². The molecule has 0 aliphatic carbocycles. The van der Waals surface area contributed by atoms with Crippen LogP contribution in [0.4, 0.5) is 0 Å². The van der Waals surface area contributed by atoms with Gasteiger partial charge in [0.25, 0.3) is 0 Å². The van der Waals surface area contributed by atoms with E-state index in [1.807, 2.05) is 35.0 Å². The molecule has 1 N–H and O–H groups in total. The number of hydrogen-bond acceptors (Lipinski definition) is 6. The van der Waals surface area contributed by atoms with Gasteiger partial charge < -0.3 is 29.0 Å². The van der Waals surface area contributed by atoms with Crippen LogP contribution in [-0.4, -0.2) is 75.1 Å². The van der Waals surface area contributed by atoms with Gasteiger partial charge in [-0.2, -0.15) is 0 Å². The second-order valence-electron chi connectivity index (χ2n) is 10.8. The fraction of sp³-hybridized carbons (Fsp3) is 0.913. The van der Waals surface area contributed by atoms with Gasteiger partial charge >= 0.3 is 5.97 Å². The number of carbonyl (C=O) groups excluding carboxylic acids is 2. The molecule has 178 valence electrons. The van der Waals surface area contributed by atoms with Crippen LogP contribution in [0, 0.1) is 10.8 Å². The summed E-state index contributed by atoms with van der Waals surface area (Å²) in [6, 6.07) is 0. The van der Waals surface area contributed by atoms with Crippen LogP contribution in [0.2, 0.25) is 0 Å². The topological polar surface area (TPSA) is 95.9 Å². The van der Waals surface area contributed by atoms with Crippen molar-refractivity contribution in [3.05, 3.63) is 0 Å². The highest BCUT2D eigenvalue weighted by Gasteiger charge is 2.32. The molecule has 0 aromatic rings. The number of aliphatic carboxylic acids is 1. The van der Waals surface area contributed by atoms with Crippen molar-refractivity contribution in [2.24, 2.45) is 10.8 Å². The third-order valence-electron chi connectivity index (χ3n) is 5.13. The molecule has 7 nitrogen and oxygen atoms in total. The largest absolute Gasteiger partial charge is 0.550 e. The molecule has 0 radical (unpaired) electrons. The van der Waals surface area contributed by atoms with Crippen molar-refractivity contribution in [3.63, 3.8) is 0 Å². The van der Waals surface area contributed by atoms with Gasteiger partial charge in [-0.3, -0.25) is 4.79 Å². The fourth-order valence-electron chi connectivity index (χ4n) is 3.11. The average Bonchev–Trinajstić information content (AvgIpc) is 2.58. The number of ether oxygens (including phenoxy) is 2. The van der Waals surface area contributed by atoms with Crippen LogP contribution in [0.3, 0.4) is 0 Å². The lowest BCUT2D eigenvalue weighted by Crippen LogP contribution is -2.46. The lowest BCUT2D eigenvalue weighted by molar-refractivity contribution is -0.873. The Morgan fingerprint density at radius 2 is 1.50 bits per heavy atom. The lowest BCUT2D eigenvalue weighted by atomic mass is 9.87. The van der Waals surface area contributed by atoms with Crippen molar-refractivity contribution in [2.45, 2.75) is 78.7 Å². The number of aliphatic hydroxyl groups excluding tert-OH is 1. The van der Waals surface area contributed by atoms with Crippen LogP contribution < -0.4 is 5.11 Å². The van der Waals surface area contributed by atoms with Crippen LogP contribution in [0.1, 0.15) is 72.6 Å². The van der Waals surface area contributed by atoms with E-state index in [9.17, 15) is 19.8 Å². The molecule has 0 saturated heterocycles. The molecular formula is C23H45NO6. The van der Waals surface area contributed by atoms with Crippen molar-refractivity contribution in [1.29, 1.82) is 0 Å². The number of rotatable bonds is 17. The number of hydrogen-bond donors (Lipinski definition) is 1. The van der Waals surface area contributed by atoms with E-state index in [1.54, 1.807) is 0 Å². The van der Waals surface area contributed by atoms with Gasteiger partial charge in [0, 0.05) is 32.2 Å². The molecule has 0 aliphatic heterocycles. The first kappa shape index (κ1) is 28.8. The number of carboxylic acid groups (broad SMARTS) is 1. The molecular weight excluding hydrogens is 386 g/mol. The zero-order chi connectivity index (χ0) is 23.4. The number of nitrogens with zero attached hydrogens (tertiary/aromatic N) is 1. The molecule has 7 heteroatoms. The molecule has 0 saturated carbocycles. The van der Waals surface area contributed by atoms with Gasteiger partial charge in [-0.15, -0.1) is 0 Å². The average molecular weight is 432 g/mol. The zero-order valence-electron chi connectivity index (χ0n) is 20.3. The Morgan fingerprint density at radius 3 is 1.97 bits per heavy atom. The fourth-order valence-corrected chi connectivity index (χ4v) is 3.11. The third kappa shape index (κ3) is 14.7. The van der Waals surface area contributed by atoms with Crippen molar-refractivity contribution in [2.75, 3.05) is 47.5 Å². The number of aliphatic hydroxyl groups is 1. The van der Waals surface area contributed by atoms with E-state index in [0.717, 1.165) is 32.1 Å². The molecule has 1 unspecified atom stereocenters. The van der Waals surface area contributed by atoms with Crippen LogP contribution in [0.25, 0.3) is 0 Å². The first-order valence-corrected chi connectivity index (χ1v) is 11.1. The summed E-state index contributed by atoms with van der Waals surface area (Å²) in [6.07, 6.45) is 4.36. The Balaban J connectivity index is 4.16. The molecule has 0 aromatic carbocycles. The summed E-state index contributed by atoms with van der Waals surface area (Å²) >= 11 is 0. The zero-order valence-corrected chi connectivity index (χ0v) is 20.3. The minimum absolute atomic E-state index is 0.0218. The molecule has 0 aromatic heterocycles. The lowest BCUT2D eigenvalue weighted by Gasteiger charge is -2.31. The summed E-state index contributed by atoms with van der Waals surface area (Å²) in [5.41, 5.74) is -0.697. The molecule has 0 heterocycles. The van der Waals surface area contributed by atoms with Gasteiger partial charge in [-0.25, -0.2) is 0 Å². The van der Waals surface area contributed by atoms with E-state index < -0.39 is 17.5 Å². The van der Waals surface area contributed by atoms with Crippen LogP contribution in [-0.2, 0) is 19.1 Å². The summed E-state index contributed by atoms with van der Waals surface area (Å²) in [7, 11) is 5.78. The highest BCUT2D eigenvalue weighted by atomic mass is 16.5. The number of esters is 1. The maximum atomic E-state index is 12.6. The Kier molecular flexibility index (Phi) is 12.8. The van der Waals surface area contributed by atoms with E-state index in [0.29, 0.717) is 30.7 Å². The number of quaternary nitrogens is 1. The predicted molar refractivity (Wildman–Crippen MR) is 116 cm³/mol. The van der Waals surface area contributed by atoms with Gasteiger partial charge in [0.05, 0.1) is 26.6 Å². The summed E-state index contributed by atoms with van der Waals surface area (Å²) in [6.45, 7) is 9.77. The Hall–Kier alpha value is -1.18. The summed E-state index contributed by atoms with van der Waals surface area (Å²) in [5.74, 6) is -1.58. The Morgan fingerprint density at radius 1 is 0.967 bits per heavy atom. The monoisotopic (exact) mass is 431 g/mol. The third-order valence-corrected chi connectivity index (χ3v) is 5.13. The van der Waals surface area contributed by atoms with E-state index in [1.165, 1.54) is 0 Å². The number of carboxylic acids is 1. The second kappa shape index (κ2) is 13.3. The SMILES string of the molecule is CC(C)(CO)CCCCOCCCCC(C)(C)C(=O)OC(CC(=O)[O-])C[N+](C)(C)C. The molecule has 0 fully saturated rings. The molecule has 0 spiro atoms. The smallest absolute Gasteiger partial charge is 0.312 e. The van der Waals surface area contributed by atoms with Crippen molar-refractivity contribution < 1.29 is 33.8 Å². The first-order chi connectivity index (χ1) is 13.7. The van der Waals surface area contributed by atoms with E-state index in [-0.39, 0.29) is 24.4 Å². The van der Waals surface area contributed by atoms with Crippen LogP contribution in [0.15, 0.2) is 0 Å². The molecule has 30 heavy (non-hydrogen) atoms. The minimum Gasteiger partial charge on any atom is -0.550 e. The van der Waals surface area contributed by atoms with Crippen molar-refractivity contribution >= 4 is 11.9 Å². The van der Waals surface area contributed by atoms with Gasteiger partial charge in [0.15, 0.2) is 6.10 Å². The summed E-state index contributed by atoms with van der Waals surface area (Å²) in [4.78, 5) is 23.6. The second-order valence-corrected chi connectivity index (χ2v) is 10.8. The maximum Gasteiger partial charge on any atom is 0.312 e. The predicted octanol–water partition coefficient (Wildman–Crippen LogP) is 2.15. The number of unbranched alkanes of at least 4 members (excludes halogenated alkanes) is 2. The quantitative estimate of drug-likeness (QED) is 0.215. The van der Waals surface area contributed by atoms with Crippen molar-refractivity contribution in [3.8, 4) is 0 Å². The first-order valence-electron chi connectivity index (χ1n) is 11.1. The summed E-state index contributed by atoms with van der Waals surface area (Å²) < 4.78 is 11.7. The Labute approximate surface area is 183 Å². The number of carbonyl (C=O) groups is 2. The van der Waals surface area contributed by atoms with Crippen LogP contribution in [0.5, 0.6) is 0 Å². The Bertz CT molecular complexity index is 510. The summed E-state index contributed by atoms with van der Waals surface area (Å²) in [5, 5.41) is 20.2. The van der Waals surface area contributed by atoms with E-state index in [4.69, 9.17) is 9.47 Å².